The Labute approximate surface area is 129 Å². The molecular formula is C14H12N6O3. The van der Waals surface area contributed by atoms with Crippen molar-refractivity contribution < 1.29 is 9.90 Å². The van der Waals surface area contributed by atoms with E-state index in [1.165, 1.54) is 18.3 Å². The third-order valence-corrected chi connectivity index (χ3v) is 3.09. The molecule has 2 aromatic heterocycles. The molecule has 0 amide bonds. The summed E-state index contributed by atoms with van der Waals surface area (Å²) in [5.74, 6) is -1.00. The van der Waals surface area contributed by atoms with Gasteiger partial charge in [0.25, 0.3) is 5.56 Å². The van der Waals surface area contributed by atoms with Crippen LogP contribution in [0.4, 0.5) is 11.6 Å². The second-order valence-electron chi connectivity index (χ2n) is 4.72. The van der Waals surface area contributed by atoms with Gasteiger partial charge in [-0.3, -0.25) is 9.78 Å². The van der Waals surface area contributed by atoms with Gasteiger partial charge in [0.2, 0.25) is 5.95 Å². The number of nitrogens with one attached hydrogen (secondary N) is 2. The summed E-state index contributed by atoms with van der Waals surface area (Å²) in [4.78, 5) is 37.0. The molecule has 0 saturated heterocycles. The van der Waals surface area contributed by atoms with E-state index in [1.807, 2.05) is 0 Å². The maximum Gasteiger partial charge on any atom is 0.335 e. The summed E-state index contributed by atoms with van der Waals surface area (Å²) >= 11 is 0. The second kappa shape index (κ2) is 5.72. The lowest BCUT2D eigenvalue weighted by Crippen LogP contribution is -2.14. The van der Waals surface area contributed by atoms with Gasteiger partial charge in [0.15, 0.2) is 11.2 Å². The summed E-state index contributed by atoms with van der Waals surface area (Å²) in [6.45, 7) is 0.337. The van der Waals surface area contributed by atoms with Crippen LogP contribution in [-0.2, 0) is 6.54 Å². The molecule has 0 aliphatic heterocycles. The lowest BCUT2D eigenvalue weighted by Gasteiger charge is -2.06. The first-order valence-corrected chi connectivity index (χ1v) is 6.61. The quantitative estimate of drug-likeness (QED) is 0.547. The van der Waals surface area contributed by atoms with Crippen LogP contribution in [0, 0.1) is 0 Å². The molecule has 9 heteroatoms. The fourth-order valence-corrected chi connectivity index (χ4v) is 1.98. The molecular weight excluding hydrogens is 300 g/mol. The van der Waals surface area contributed by atoms with Crippen LogP contribution in [0.1, 0.15) is 16.1 Å². The third kappa shape index (κ3) is 3.07. The number of carboxylic acids is 1. The molecule has 0 radical (unpaired) electrons. The van der Waals surface area contributed by atoms with E-state index in [0.717, 1.165) is 5.69 Å². The van der Waals surface area contributed by atoms with Crippen LogP contribution in [0.25, 0.3) is 11.2 Å². The van der Waals surface area contributed by atoms with Crippen LogP contribution in [-0.4, -0.2) is 31.0 Å². The second-order valence-corrected chi connectivity index (χ2v) is 4.72. The van der Waals surface area contributed by atoms with Crippen molar-refractivity contribution in [2.45, 2.75) is 6.54 Å². The van der Waals surface area contributed by atoms with Crippen molar-refractivity contribution in [2.24, 2.45) is 0 Å². The maximum absolute atomic E-state index is 11.6. The highest BCUT2D eigenvalue weighted by Gasteiger charge is 2.07. The highest BCUT2D eigenvalue weighted by atomic mass is 16.4. The lowest BCUT2D eigenvalue weighted by atomic mass is 10.2. The van der Waals surface area contributed by atoms with Crippen molar-refractivity contribution in [3.05, 3.63) is 52.1 Å². The zero-order valence-corrected chi connectivity index (χ0v) is 11.8. The van der Waals surface area contributed by atoms with E-state index in [-0.39, 0.29) is 22.7 Å². The smallest absolute Gasteiger partial charge is 0.335 e. The van der Waals surface area contributed by atoms with Crippen molar-refractivity contribution in [3.63, 3.8) is 0 Å². The summed E-state index contributed by atoms with van der Waals surface area (Å²) in [5, 5.41) is 11.9. The molecule has 1 aromatic carbocycles. The fourth-order valence-electron chi connectivity index (χ4n) is 1.98. The Kier molecular flexibility index (Phi) is 3.59. The summed E-state index contributed by atoms with van der Waals surface area (Å²) in [5.41, 5.74) is 6.84. The van der Waals surface area contributed by atoms with Gasteiger partial charge in [-0.15, -0.1) is 0 Å². The van der Waals surface area contributed by atoms with E-state index in [0.29, 0.717) is 12.2 Å². The van der Waals surface area contributed by atoms with E-state index in [9.17, 15) is 9.59 Å². The first-order chi connectivity index (χ1) is 11.0. The number of aromatic nitrogens is 4. The number of fused-ring (bicyclic) bond motifs is 1. The number of benzene rings is 1. The van der Waals surface area contributed by atoms with E-state index in [4.69, 9.17) is 10.8 Å². The maximum atomic E-state index is 11.6. The normalized spacial score (nSPS) is 10.6. The van der Waals surface area contributed by atoms with Gasteiger partial charge >= 0.3 is 5.97 Å². The van der Waals surface area contributed by atoms with Crippen molar-refractivity contribution in [3.8, 4) is 0 Å². The van der Waals surface area contributed by atoms with Crippen LogP contribution >= 0.6 is 0 Å². The SMILES string of the molecule is Nc1nc2nc(CNc3ccc(C(=O)O)cc3)cnc2c(=O)[nH]1. The van der Waals surface area contributed by atoms with Crippen molar-refractivity contribution >= 4 is 28.8 Å². The molecule has 3 aromatic rings. The number of nitrogen functional groups attached to an aromatic ring is 1. The van der Waals surface area contributed by atoms with Crippen LogP contribution in [0.5, 0.6) is 0 Å². The zero-order valence-electron chi connectivity index (χ0n) is 11.8. The summed E-state index contributed by atoms with van der Waals surface area (Å²) in [6.07, 6.45) is 1.47. The molecule has 0 spiro atoms. The van der Waals surface area contributed by atoms with Gasteiger partial charge in [0.1, 0.15) is 0 Å². The van der Waals surface area contributed by atoms with Gasteiger partial charge in [0, 0.05) is 5.69 Å². The van der Waals surface area contributed by atoms with Gasteiger partial charge in [-0.2, -0.15) is 4.98 Å². The van der Waals surface area contributed by atoms with Gasteiger partial charge in [0.05, 0.1) is 24.0 Å². The number of nitrogens with zero attached hydrogens (tertiary/aromatic N) is 3. The molecule has 0 atom stereocenters. The molecule has 0 unspecified atom stereocenters. The lowest BCUT2D eigenvalue weighted by molar-refractivity contribution is 0.0697. The van der Waals surface area contributed by atoms with Crippen molar-refractivity contribution in [1.29, 1.82) is 0 Å². The van der Waals surface area contributed by atoms with Gasteiger partial charge in [-0.05, 0) is 24.3 Å². The van der Waals surface area contributed by atoms with Crippen molar-refractivity contribution in [2.75, 3.05) is 11.1 Å². The molecule has 23 heavy (non-hydrogen) atoms. The monoisotopic (exact) mass is 312 g/mol. The number of aromatic amines is 1. The Hall–Kier alpha value is -3.49. The predicted octanol–water partition coefficient (Wildman–Crippen LogP) is 0.606. The Morgan fingerprint density at radius 2 is 2.00 bits per heavy atom. The number of anilines is 2. The number of aromatic carboxylic acids is 1. The Bertz CT molecular complexity index is 935. The largest absolute Gasteiger partial charge is 0.478 e. The summed E-state index contributed by atoms with van der Waals surface area (Å²) in [7, 11) is 0. The minimum atomic E-state index is -0.981. The number of carbonyl (C=O) groups is 1. The van der Waals surface area contributed by atoms with Crippen LogP contribution in [0.2, 0.25) is 0 Å². The minimum Gasteiger partial charge on any atom is -0.478 e. The Morgan fingerprint density at radius 1 is 1.26 bits per heavy atom. The third-order valence-electron chi connectivity index (χ3n) is 3.09. The highest BCUT2D eigenvalue weighted by molar-refractivity contribution is 5.88. The van der Waals surface area contributed by atoms with Gasteiger partial charge in [-0.25, -0.2) is 14.8 Å². The van der Waals surface area contributed by atoms with Crippen LogP contribution < -0.4 is 16.6 Å². The van der Waals surface area contributed by atoms with E-state index in [2.05, 4.69) is 25.3 Å². The number of rotatable bonds is 4. The number of hydrogen-bond donors (Lipinski definition) is 4. The molecule has 116 valence electrons. The average Bonchev–Trinajstić information content (AvgIpc) is 2.52. The van der Waals surface area contributed by atoms with Crippen LogP contribution in [0.15, 0.2) is 35.3 Å². The standard InChI is InChI=1S/C14H12N6O3/c15-14-19-11-10(12(21)20-14)17-6-9(18-11)5-16-8-3-1-7(2-4-8)13(22)23/h1-4,6,16H,5H2,(H,22,23)(H3,15,18,19,20,21). The van der Waals surface area contributed by atoms with E-state index >= 15 is 0 Å². The van der Waals surface area contributed by atoms with Gasteiger partial charge in [-0.1, -0.05) is 0 Å². The number of nitrogens with two attached hydrogens (primary N) is 1. The molecule has 0 bridgehead atoms. The minimum absolute atomic E-state index is 0.0221. The average molecular weight is 312 g/mol. The molecule has 0 aliphatic rings. The highest BCUT2D eigenvalue weighted by Crippen LogP contribution is 2.11. The number of hydrogen-bond acceptors (Lipinski definition) is 7. The topological polar surface area (TPSA) is 147 Å². The zero-order chi connectivity index (χ0) is 16.4. The molecule has 3 rings (SSSR count). The molecule has 9 nitrogen and oxygen atoms in total. The predicted molar refractivity (Wildman–Crippen MR) is 83.1 cm³/mol. The first kappa shape index (κ1) is 14.4. The van der Waals surface area contributed by atoms with E-state index < -0.39 is 11.5 Å². The van der Waals surface area contributed by atoms with E-state index in [1.54, 1.807) is 12.1 Å². The Morgan fingerprint density at radius 3 is 2.70 bits per heavy atom. The molecule has 5 N–H and O–H groups in total. The molecule has 0 saturated carbocycles. The fraction of sp³-hybridized carbons (Fsp3) is 0.0714. The molecule has 2 heterocycles. The number of H-pyrrole nitrogens is 1. The molecule has 0 aliphatic carbocycles. The number of carboxylic acid groups (broad SMARTS) is 1. The van der Waals surface area contributed by atoms with Gasteiger partial charge < -0.3 is 16.2 Å². The summed E-state index contributed by atoms with van der Waals surface area (Å²) in [6, 6.07) is 6.30. The summed E-state index contributed by atoms with van der Waals surface area (Å²) < 4.78 is 0. The van der Waals surface area contributed by atoms with Crippen LogP contribution in [0.3, 0.4) is 0 Å². The molecule has 0 fully saturated rings. The van der Waals surface area contributed by atoms with Crippen molar-refractivity contribution in [1.82, 2.24) is 19.9 Å². The Balaban J connectivity index is 1.79. The first-order valence-electron chi connectivity index (χ1n) is 6.61.